The molecule has 0 aliphatic carbocycles. The van der Waals surface area contributed by atoms with E-state index in [4.69, 9.17) is 23.8 Å². The van der Waals surface area contributed by atoms with E-state index in [1.165, 1.54) is 11.3 Å². The van der Waals surface area contributed by atoms with Crippen LogP contribution in [0.5, 0.6) is 0 Å². The Hall–Kier alpha value is -2.93. The number of thiocarbonyl (C=S) groups is 1. The molecule has 164 valence electrons. The Morgan fingerprint density at radius 2 is 1.53 bits per heavy atom. The summed E-state index contributed by atoms with van der Waals surface area (Å²) < 4.78 is 0. The molecule has 32 heavy (non-hydrogen) atoms. The van der Waals surface area contributed by atoms with E-state index in [0.717, 1.165) is 38.4 Å². The number of benzene rings is 3. The maximum Gasteiger partial charge on any atom is 0.257 e. The lowest BCUT2D eigenvalue weighted by Gasteiger charge is -2.36. The monoisotopic (exact) mass is 464 g/mol. The summed E-state index contributed by atoms with van der Waals surface area (Å²) >= 11 is 11.1. The molecule has 0 spiro atoms. The Morgan fingerprint density at radius 1 is 0.875 bits per heavy atom. The number of carbonyl (C=O) groups is 1. The van der Waals surface area contributed by atoms with Crippen LogP contribution in [0.1, 0.15) is 15.9 Å². The minimum atomic E-state index is -0.274. The topological polar surface area (TPSA) is 47.6 Å². The Labute approximate surface area is 199 Å². The molecule has 1 fully saturated rings. The Morgan fingerprint density at radius 3 is 2.19 bits per heavy atom. The molecule has 0 aromatic heterocycles. The van der Waals surface area contributed by atoms with Crippen LogP contribution in [0.4, 0.5) is 11.4 Å². The molecular weight excluding hydrogens is 440 g/mol. The van der Waals surface area contributed by atoms with E-state index < -0.39 is 0 Å². The number of hydrogen-bond acceptors (Lipinski definition) is 4. The Balaban J connectivity index is 1.25. The van der Waals surface area contributed by atoms with Crippen LogP contribution in [0.25, 0.3) is 0 Å². The van der Waals surface area contributed by atoms with Gasteiger partial charge in [-0.1, -0.05) is 41.9 Å². The molecule has 4 rings (SSSR count). The summed E-state index contributed by atoms with van der Waals surface area (Å²) in [5, 5.41) is 6.59. The smallest absolute Gasteiger partial charge is 0.257 e. The fraction of sp³-hybridized carbons (Fsp3) is 0.200. The van der Waals surface area contributed by atoms with Crippen LogP contribution in [0.15, 0.2) is 78.9 Å². The van der Waals surface area contributed by atoms with E-state index >= 15 is 0 Å². The molecule has 3 aromatic carbocycles. The van der Waals surface area contributed by atoms with Crippen LogP contribution in [-0.2, 0) is 6.54 Å². The van der Waals surface area contributed by atoms with Crippen molar-refractivity contribution in [2.45, 2.75) is 6.54 Å². The molecule has 0 saturated carbocycles. The Bertz CT molecular complexity index is 1050. The summed E-state index contributed by atoms with van der Waals surface area (Å²) in [6.45, 7) is 5.06. The molecule has 0 atom stereocenters. The normalized spacial score (nSPS) is 14.1. The number of nitrogens with one attached hydrogen (secondary N) is 2. The van der Waals surface area contributed by atoms with Gasteiger partial charge in [-0.25, -0.2) is 0 Å². The van der Waals surface area contributed by atoms with Gasteiger partial charge >= 0.3 is 0 Å². The van der Waals surface area contributed by atoms with Gasteiger partial charge in [-0.2, -0.15) is 0 Å². The van der Waals surface area contributed by atoms with Crippen molar-refractivity contribution < 1.29 is 4.79 Å². The summed E-state index contributed by atoms with van der Waals surface area (Å²) in [7, 11) is 0. The van der Waals surface area contributed by atoms with Gasteiger partial charge < -0.3 is 10.2 Å². The average molecular weight is 465 g/mol. The van der Waals surface area contributed by atoms with Gasteiger partial charge in [-0.05, 0) is 66.3 Å². The fourth-order valence-electron chi connectivity index (χ4n) is 3.70. The first-order valence-corrected chi connectivity index (χ1v) is 11.3. The Kier molecular flexibility index (Phi) is 7.37. The highest BCUT2D eigenvalue weighted by atomic mass is 35.5. The third kappa shape index (κ3) is 6.07. The predicted molar refractivity (Wildman–Crippen MR) is 136 cm³/mol. The number of carbonyl (C=O) groups excluding carboxylic acids is 1. The van der Waals surface area contributed by atoms with Crippen LogP contribution < -0.4 is 15.5 Å². The minimum Gasteiger partial charge on any atom is -0.369 e. The summed E-state index contributed by atoms with van der Waals surface area (Å²) in [5.41, 5.74) is 3.87. The van der Waals surface area contributed by atoms with E-state index in [2.05, 4.69) is 62.9 Å². The van der Waals surface area contributed by atoms with Gasteiger partial charge in [0.2, 0.25) is 0 Å². The van der Waals surface area contributed by atoms with Crippen LogP contribution in [0, 0.1) is 0 Å². The zero-order valence-electron chi connectivity index (χ0n) is 17.6. The van der Waals surface area contributed by atoms with Gasteiger partial charge in [-0.15, -0.1) is 0 Å². The van der Waals surface area contributed by atoms with E-state index in [0.29, 0.717) is 10.6 Å². The zero-order chi connectivity index (χ0) is 22.3. The second-order valence-electron chi connectivity index (χ2n) is 7.71. The van der Waals surface area contributed by atoms with Gasteiger partial charge in [-0.3, -0.25) is 15.0 Å². The lowest BCUT2D eigenvalue weighted by Crippen LogP contribution is -2.45. The molecule has 2 N–H and O–H groups in total. The van der Waals surface area contributed by atoms with Crippen molar-refractivity contribution in [1.29, 1.82) is 0 Å². The van der Waals surface area contributed by atoms with Crippen molar-refractivity contribution >= 4 is 46.2 Å². The molecule has 3 aromatic rings. The highest BCUT2D eigenvalue weighted by molar-refractivity contribution is 7.80. The molecule has 1 saturated heterocycles. The first kappa shape index (κ1) is 22.3. The standard InChI is InChI=1S/C25H25ClN4OS/c26-21-8-6-20(7-9-21)24(31)28-25(32)27-22-10-12-23(13-11-22)30-16-14-29(15-17-30)18-19-4-2-1-3-5-19/h1-13H,14-18H2,(H2,27,28,31,32). The SMILES string of the molecule is O=C(NC(=S)Nc1ccc(N2CCN(Cc3ccccc3)CC2)cc1)c1ccc(Cl)cc1. The maximum atomic E-state index is 12.3. The summed E-state index contributed by atoms with van der Waals surface area (Å²) in [6.07, 6.45) is 0. The molecule has 0 bridgehead atoms. The number of anilines is 2. The van der Waals surface area contributed by atoms with Crippen molar-refractivity contribution in [3.63, 3.8) is 0 Å². The molecule has 0 unspecified atom stereocenters. The molecule has 1 heterocycles. The van der Waals surface area contributed by atoms with E-state index in [1.807, 2.05) is 12.1 Å². The predicted octanol–water partition coefficient (Wildman–Crippen LogP) is 4.79. The van der Waals surface area contributed by atoms with Crippen LogP contribution in [-0.4, -0.2) is 42.1 Å². The first-order valence-electron chi connectivity index (χ1n) is 10.6. The largest absolute Gasteiger partial charge is 0.369 e. The molecule has 7 heteroatoms. The lowest BCUT2D eigenvalue weighted by atomic mass is 10.2. The molecule has 1 amide bonds. The summed E-state index contributed by atoms with van der Waals surface area (Å²) in [6, 6.07) is 25.4. The highest BCUT2D eigenvalue weighted by Gasteiger charge is 2.17. The number of rotatable bonds is 5. The van der Waals surface area contributed by atoms with E-state index in [1.54, 1.807) is 24.3 Å². The highest BCUT2D eigenvalue weighted by Crippen LogP contribution is 2.20. The summed E-state index contributed by atoms with van der Waals surface area (Å²) in [4.78, 5) is 17.2. The molecule has 5 nitrogen and oxygen atoms in total. The third-order valence-electron chi connectivity index (χ3n) is 5.45. The number of piperazine rings is 1. The molecular formula is C25H25ClN4OS. The minimum absolute atomic E-state index is 0.257. The van der Waals surface area contributed by atoms with Crippen LogP contribution in [0.2, 0.25) is 5.02 Å². The number of halogens is 1. The van der Waals surface area contributed by atoms with Crippen molar-refractivity contribution in [3.8, 4) is 0 Å². The van der Waals surface area contributed by atoms with Crippen molar-refractivity contribution in [1.82, 2.24) is 10.2 Å². The maximum absolute atomic E-state index is 12.3. The first-order chi connectivity index (χ1) is 15.6. The van der Waals surface area contributed by atoms with Gasteiger partial charge in [0.1, 0.15) is 0 Å². The average Bonchev–Trinajstić information content (AvgIpc) is 2.81. The summed E-state index contributed by atoms with van der Waals surface area (Å²) in [5.74, 6) is -0.274. The van der Waals surface area contributed by atoms with Crippen LogP contribution >= 0.6 is 23.8 Å². The van der Waals surface area contributed by atoms with Gasteiger partial charge in [0.05, 0.1) is 0 Å². The van der Waals surface area contributed by atoms with Crippen molar-refractivity contribution in [3.05, 3.63) is 95.0 Å². The second-order valence-corrected chi connectivity index (χ2v) is 8.56. The quantitative estimate of drug-likeness (QED) is 0.532. The number of nitrogens with zero attached hydrogens (tertiary/aromatic N) is 2. The molecule has 1 aliphatic rings. The molecule has 1 aliphatic heterocycles. The van der Waals surface area contributed by atoms with Gasteiger partial charge in [0.25, 0.3) is 5.91 Å². The fourth-order valence-corrected chi connectivity index (χ4v) is 4.04. The zero-order valence-corrected chi connectivity index (χ0v) is 19.2. The van der Waals surface area contributed by atoms with Crippen molar-refractivity contribution in [2.75, 3.05) is 36.4 Å². The number of hydrogen-bond donors (Lipinski definition) is 2. The van der Waals surface area contributed by atoms with Crippen molar-refractivity contribution in [2.24, 2.45) is 0 Å². The third-order valence-corrected chi connectivity index (χ3v) is 5.90. The van der Waals surface area contributed by atoms with E-state index in [-0.39, 0.29) is 11.0 Å². The second kappa shape index (κ2) is 10.6. The molecule has 0 radical (unpaired) electrons. The lowest BCUT2D eigenvalue weighted by molar-refractivity contribution is 0.0977. The van der Waals surface area contributed by atoms with Crippen LogP contribution in [0.3, 0.4) is 0 Å². The van der Waals surface area contributed by atoms with Gasteiger partial charge in [0, 0.05) is 54.7 Å². The number of amides is 1. The van der Waals surface area contributed by atoms with E-state index in [9.17, 15) is 4.79 Å². The van der Waals surface area contributed by atoms with Gasteiger partial charge in [0.15, 0.2) is 5.11 Å².